The number of rotatable bonds is 6. The normalized spacial score (nSPS) is 19.6. The Kier molecular flexibility index (Phi) is 6.97. The van der Waals surface area contributed by atoms with Crippen molar-refractivity contribution in [3.8, 4) is 0 Å². The summed E-state index contributed by atoms with van der Waals surface area (Å²) in [5.74, 6) is -0.349. The number of hydrogen-bond donors (Lipinski definition) is 1. The molecule has 2 unspecified atom stereocenters. The van der Waals surface area contributed by atoms with E-state index in [1.165, 1.54) is 17.0 Å². The summed E-state index contributed by atoms with van der Waals surface area (Å²) in [6.07, 6.45) is 2.67. The van der Waals surface area contributed by atoms with Gasteiger partial charge in [0.2, 0.25) is 5.91 Å². The van der Waals surface area contributed by atoms with Crippen molar-refractivity contribution in [1.82, 2.24) is 4.90 Å². The molecule has 1 amide bonds. The standard InChI is InChI=1S/C21H25BrN2O4S/c1-23(19-9-5-6-10-20(19)25)21(26)15-24(17-13-11-16(22)12-14-17)29(27,28)18-7-3-2-4-8-18/h2-4,7-8,11-14,19-20,25H,5-6,9-10,15H2,1H3. The first-order valence-electron chi connectivity index (χ1n) is 9.58. The molecule has 1 aliphatic carbocycles. The number of halogens is 1. The lowest BCUT2D eigenvalue weighted by Gasteiger charge is -2.36. The van der Waals surface area contributed by atoms with E-state index in [2.05, 4.69) is 15.9 Å². The van der Waals surface area contributed by atoms with Crippen LogP contribution in [0, 0.1) is 0 Å². The van der Waals surface area contributed by atoms with Gasteiger partial charge < -0.3 is 10.0 Å². The predicted octanol–water partition coefficient (Wildman–Crippen LogP) is 3.41. The van der Waals surface area contributed by atoms with Crippen LogP contribution in [0.1, 0.15) is 25.7 Å². The molecular formula is C21H25BrN2O4S. The summed E-state index contributed by atoms with van der Waals surface area (Å²) in [6, 6.07) is 14.6. The zero-order valence-electron chi connectivity index (χ0n) is 16.2. The molecule has 0 aliphatic heterocycles. The summed E-state index contributed by atoms with van der Waals surface area (Å²) >= 11 is 3.35. The Morgan fingerprint density at radius 1 is 1.07 bits per heavy atom. The number of carbonyl (C=O) groups excluding carboxylic acids is 1. The summed E-state index contributed by atoms with van der Waals surface area (Å²) in [5, 5.41) is 10.3. The van der Waals surface area contributed by atoms with Crippen LogP contribution in [0.3, 0.4) is 0 Å². The van der Waals surface area contributed by atoms with Crippen molar-refractivity contribution >= 4 is 37.5 Å². The maximum Gasteiger partial charge on any atom is 0.264 e. The minimum atomic E-state index is -3.93. The molecule has 2 atom stereocenters. The minimum Gasteiger partial charge on any atom is -0.391 e. The summed E-state index contributed by atoms with van der Waals surface area (Å²) in [7, 11) is -2.30. The molecular weight excluding hydrogens is 456 g/mol. The predicted molar refractivity (Wildman–Crippen MR) is 116 cm³/mol. The van der Waals surface area contributed by atoms with Crippen LogP contribution in [0.4, 0.5) is 5.69 Å². The van der Waals surface area contributed by atoms with E-state index in [-0.39, 0.29) is 23.4 Å². The molecule has 156 valence electrons. The Labute approximate surface area is 180 Å². The number of hydrogen-bond acceptors (Lipinski definition) is 4. The minimum absolute atomic E-state index is 0.121. The topological polar surface area (TPSA) is 77.9 Å². The Morgan fingerprint density at radius 3 is 2.31 bits per heavy atom. The van der Waals surface area contributed by atoms with Crippen LogP contribution in [-0.2, 0) is 14.8 Å². The highest BCUT2D eigenvalue weighted by Gasteiger charge is 2.33. The van der Waals surface area contributed by atoms with Gasteiger partial charge in [0, 0.05) is 11.5 Å². The molecule has 8 heteroatoms. The van der Waals surface area contributed by atoms with Gasteiger partial charge in [-0.15, -0.1) is 0 Å². The van der Waals surface area contributed by atoms with Crippen molar-refractivity contribution in [3.63, 3.8) is 0 Å². The number of nitrogens with zero attached hydrogens (tertiary/aromatic N) is 2. The van der Waals surface area contributed by atoms with Gasteiger partial charge in [0.1, 0.15) is 6.54 Å². The number of aliphatic hydroxyl groups excluding tert-OH is 1. The van der Waals surface area contributed by atoms with Gasteiger partial charge >= 0.3 is 0 Å². The van der Waals surface area contributed by atoms with Gasteiger partial charge in [-0.05, 0) is 49.2 Å². The third-order valence-electron chi connectivity index (χ3n) is 5.31. The van der Waals surface area contributed by atoms with Crippen molar-refractivity contribution in [2.75, 3.05) is 17.9 Å². The maximum absolute atomic E-state index is 13.3. The molecule has 1 saturated carbocycles. The first kappa shape index (κ1) is 21.8. The van der Waals surface area contributed by atoms with Crippen molar-refractivity contribution in [3.05, 3.63) is 59.1 Å². The number of sulfonamides is 1. The number of anilines is 1. The largest absolute Gasteiger partial charge is 0.391 e. The average molecular weight is 481 g/mol. The van der Waals surface area contributed by atoms with E-state index < -0.39 is 16.1 Å². The van der Waals surface area contributed by atoms with Gasteiger partial charge in [0.15, 0.2) is 0 Å². The van der Waals surface area contributed by atoms with Crippen molar-refractivity contribution in [2.45, 2.75) is 42.7 Å². The third kappa shape index (κ3) is 4.99. The first-order chi connectivity index (χ1) is 13.8. The fourth-order valence-corrected chi connectivity index (χ4v) is 5.30. The fraction of sp³-hybridized carbons (Fsp3) is 0.381. The van der Waals surface area contributed by atoms with E-state index in [0.717, 1.165) is 21.6 Å². The molecule has 0 radical (unpaired) electrons. The lowest BCUT2D eigenvalue weighted by molar-refractivity contribution is -0.133. The van der Waals surface area contributed by atoms with E-state index >= 15 is 0 Å². The van der Waals surface area contributed by atoms with Gasteiger partial charge in [-0.3, -0.25) is 9.10 Å². The van der Waals surface area contributed by atoms with Crippen molar-refractivity contribution in [1.29, 1.82) is 0 Å². The quantitative estimate of drug-likeness (QED) is 0.686. The van der Waals surface area contributed by atoms with Crippen LogP contribution in [0.15, 0.2) is 64.0 Å². The third-order valence-corrected chi connectivity index (χ3v) is 7.63. The Hall–Kier alpha value is -1.90. The van der Waals surface area contributed by atoms with Crippen LogP contribution in [0.5, 0.6) is 0 Å². The molecule has 2 aromatic carbocycles. The van der Waals surface area contributed by atoms with Crippen LogP contribution >= 0.6 is 15.9 Å². The highest BCUT2D eigenvalue weighted by Crippen LogP contribution is 2.27. The lowest BCUT2D eigenvalue weighted by atomic mass is 9.91. The van der Waals surface area contributed by atoms with Crippen molar-refractivity contribution < 1.29 is 18.3 Å². The summed E-state index contributed by atoms with van der Waals surface area (Å²) in [6.45, 7) is -0.335. The number of amides is 1. The maximum atomic E-state index is 13.3. The SMILES string of the molecule is CN(C(=O)CN(c1ccc(Br)cc1)S(=O)(=O)c1ccccc1)C1CCCCC1O. The molecule has 1 N–H and O–H groups in total. The van der Waals surface area contributed by atoms with Crippen LogP contribution in [-0.4, -0.2) is 50.1 Å². The van der Waals surface area contributed by atoms with Crippen LogP contribution in [0.2, 0.25) is 0 Å². The van der Waals surface area contributed by atoms with Gasteiger partial charge in [0.05, 0.1) is 22.7 Å². The molecule has 29 heavy (non-hydrogen) atoms. The molecule has 0 bridgehead atoms. The molecule has 6 nitrogen and oxygen atoms in total. The second kappa shape index (κ2) is 9.28. The van der Waals surface area contributed by atoms with E-state index in [0.29, 0.717) is 18.5 Å². The van der Waals surface area contributed by atoms with Gasteiger partial charge in [-0.1, -0.05) is 47.0 Å². The Morgan fingerprint density at radius 2 is 1.69 bits per heavy atom. The monoisotopic (exact) mass is 480 g/mol. The number of benzene rings is 2. The first-order valence-corrected chi connectivity index (χ1v) is 11.8. The van der Waals surface area contributed by atoms with Crippen LogP contribution < -0.4 is 4.31 Å². The molecule has 1 aliphatic rings. The zero-order chi connectivity index (χ0) is 21.0. The second-order valence-corrected chi connectivity index (χ2v) is 10.0. The highest BCUT2D eigenvalue weighted by molar-refractivity contribution is 9.10. The molecule has 0 spiro atoms. The van der Waals surface area contributed by atoms with Gasteiger partial charge in [0.25, 0.3) is 10.0 Å². The average Bonchev–Trinajstić information content (AvgIpc) is 2.73. The highest BCUT2D eigenvalue weighted by atomic mass is 79.9. The molecule has 1 fully saturated rings. The summed E-state index contributed by atoms with van der Waals surface area (Å²) in [4.78, 5) is 14.6. The van der Waals surface area contributed by atoms with E-state index in [4.69, 9.17) is 0 Å². The molecule has 0 heterocycles. The number of aliphatic hydroxyl groups is 1. The smallest absolute Gasteiger partial charge is 0.264 e. The molecule has 0 saturated heterocycles. The molecule has 2 aromatic rings. The second-order valence-electron chi connectivity index (χ2n) is 7.22. The van der Waals surface area contributed by atoms with Gasteiger partial charge in [-0.2, -0.15) is 0 Å². The Balaban J connectivity index is 1.91. The zero-order valence-corrected chi connectivity index (χ0v) is 18.6. The summed E-state index contributed by atoms with van der Waals surface area (Å²) in [5.41, 5.74) is 0.406. The lowest BCUT2D eigenvalue weighted by Crippen LogP contribution is -2.50. The van der Waals surface area contributed by atoms with E-state index in [1.807, 2.05) is 0 Å². The fourth-order valence-electron chi connectivity index (χ4n) is 3.60. The number of likely N-dealkylation sites (N-methyl/N-ethyl adjacent to an activating group) is 1. The van der Waals surface area contributed by atoms with E-state index in [9.17, 15) is 18.3 Å². The van der Waals surface area contributed by atoms with Crippen LogP contribution in [0.25, 0.3) is 0 Å². The van der Waals surface area contributed by atoms with E-state index in [1.54, 1.807) is 49.5 Å². The molecule has 0 aromatic heterocycles. The number of carbonyl (C=O) groups is 1. The summed E-state index contributed by atoms with van der Waals surface area (Å²) < 4.78 is 28.6. The Bertz CT molecular complexity index is 935. The molecule has 3 rings (SSSR count). The van der Waals surface area contributed by atoms with Crippen molar-refractivity contribution in [2.24, 2.45) is 0 Å². The van der Waals surface area contributed by atoms with Gasteiger partial charge in [-0.25, -0.2) is 8.42 Å².